The van der Waals surface area contributed by atoms with Crippen molar-refractivity contribution in [2.45, 2.75) is 20.3 Å². The molecule has 0 bridgehead atoms. The molecule has 2 aromatic rings. The van der Waals surface area contributed by atoms with Gasteiger partial charge in [-0.2, -0.15) is 0 Å². The van der Waals surface area contributed by atoms with Crippen LogP contribution >= 0.6 is 23.2 Å². The molecule has 2 rings (SSSR count). The fourth-order valence-electron chi connectivity index (χ4n) is 2.34. The van der Waals surface area contributed by atoms with E-state index in [4.69, 9.17) is 33.7 Å². The first kappa shape index (κ1) is 19.1. The average Bonchev–Trinajstić information content (AvgIpc) is 2.57. The van der Waals surface area contributed by atoms with E-state index < -0.39 is 18.5 Å². The molecule has 0 atom stereocenters. The van der Waals surface area contributed by atoms with Crippen molar-refractivity contribution in [3.8, 4) is 0 Å². The van der Waals surface area contributed by atoms with Crippen molar-refractivity contribution in [1.29, 1.82) is 0 Å². The lowest BCUT2D eigenvalue weighted by Gasteiger charge is -2.13. The number of halogens is 2. The predicted molar refractivity (Wildman–Crippen MR) is 100 cm³/mol. The molecule has 0 aromatic heterocycles. The van der Waals surface area contributed by atoms with Crippen LogP contribution in [0, 0.1) is 6.92 Å². The molecule has 0 aliphatic carbocycles. The minimum atomic E-state index is -0.766. The second-order valence-electron chi connectivity index (χ2n) is 5.44. The summed E-state index contributed by atoms with van der Waals surface area (Å²) in [6.45, 7) is 3.45. The smallest absolute Gasteiger partial charge is 0.340 e. The maximum Gasteiger partial charge on any atom is 0.340 e. The third-order valence-electron chi connectivity index (χ3n) is 3.65. The lowest BCUT2D eigenvalue weighted by Crippen LogP contribution is -2.22. The number of carbonyl (C=O) groups is 2. The molecule has 0 unspecified atom stereocenters. The minimum absolute atomic E-state index is 0.0236. The number of anilines is 2. The molecular weight excluding hydrogens is 363 g/mol. The Morgan fingerprint density at radius 1 is 1.24 bits per heavy atom. The summed E-state index contributed by atoms with van der Waals surface area (Å²) in [5, 5.41) is 3.18. The summed E-state index contributed by atoms with van der Waals surface area (Å²) in [4.78, 5) is 24.2. The molecule has 0 saturated carbocycles. The van der Waals surface area contributed by atoms with E-state index in [1.54, 1.807) is 0 Å². The van der Waals surface area contributed by atoms with Gasteiger partial charge in [0, 0.05) is 10.7 Å². The molecule has 0 spiro atoms. The van der Waals surface area contributed by atoms with Crippen molar-refractivity contribution in [3.05, 3.63) is 57.1 Å². The lowest BCUT2D eigenvalue weighted by atomic mass is 10.1. The van der Waals surface area contributed by atoms with Gasteiger partial charge in [-0.15, -0.1) is 0 Å². The van der Waals surface area contributed by atoms with E-state index in [9.17, 15) is 9.59 Å². The first-order valence-electron chi connectivity index (χ1n) is 7.63. The Kier molecular flexibility index (Phi) is 6.28. The summed E-state index contributed by atoms with van der Waals surface area (Å²) in [6, 6.07) is 8.53. The van der Waals surface area contributed by atoms with Crippen LogP contribution in [0.4, 0.5) is 11.4 Å². The minimum Gasteiger partial charge on any atom is -0.452 e. The number of amides is 1. The number of ether oxygens (including phenoxy) is 1. The van der Waals surface area contributed by atoms with Crippen molar-refractivity contribution in [1.82, 2.24) is 0 Å². The third kappa shape index (κ3) is 4.65. The number of hydrogen-bond acceptors (Lipinski definition) is 4. The van der Waals surface area contributed by atoms with Crippen LogP contribution in [0.1, 0.15) is 28.4 Å². The van der Waals surface area contributed by atoms with Gasteiger partial charge in [-0.25, -0.2) is 4.79 Å². The highest BCUT2D eigenvalue weighted by molar-refractivity contribution is 6.37. The molecular formula is C18H18Cl2N2O3. The molecule has 0 radical (unpaired) electrons. The zero-order valence-electron chi connectivity index (χ0n) is 13.9. The second kappa shape index (κ2) is 8.23. The van der Waals surface area contributed by atoms with Crippen molar-refractivity contribution in [2.24, 2.45) is 0 Å². The van der Waals surface area contributed by atoms with Gasteiger partial charge in [0.05, 0.1) is 16.3 Å². The number of nitrogen functional groups attached to an aromatic ring is 1. The summed E-state index contributed by atoms with van der Waals surface area (Å²) in [5.41, 5.74) is 8.50. The monoisotopic (exact) mass is 380 g/mol. The van der Waals surface area contributed by atoms with Crippen molar-refractivity contribution < 1.29 is 14.3 Å². The number of nitrogens with two attached hydrogens (primary N) is 1. The number of para-hydroxylation sites is 1. The topological polar surface area (TPSA) is 81.4 Å². The molecule has 0 fully saturated rings. The highest BCUT2D eigenvalue weighted by Gasteiger charge is 2.17. The molecule has 0 heterocycles. The van der Waals surface area contributed by atoms with Gasteiger partial charge in [-0.05, 0) is 36.6 Å². The van der Waals surface area contributed by atoms with E-state index in [2.05, 4.69) is 5.32 Å². The fourth-order valence-corrected chi connectivity index (χ4v) is 2.83. The Bertz CT molecular complexity index is 822. The molecule has 132 valence electrons. The zero-order valence-corrected chi connectivity index (χ0v) is 15.4. The summed E-state index contributed by atoms with van der Waals surface area (Å²) < 4.78 is 5.02. The fraction of sp³-hybridized carbons (Fsp3) is 0.222. The Morgan fingerprint density at radius 3 is 2.64 bits per heavy atom. The van der Waals surface area contributed by atoms with Crippen LogP contribution in [0.15, 0.2) is 30.3 Å². The molecule has 3 N–H and O–H groups in total. The van der Waals surface area contributed by atoms with Crippen LogP contribution in [-0.4, -0.2) is 18.5 Å². The van der Waals surface area contributed by atoms with Crippen molar-refractivity contribution >= 4 is 46.5 Å². The summed E-state index contributed by atoms with van der Waals surface area (Å²) in [5.74, 6) is -1.21. The average molecular weight is 381 g/mol. The lowest BCUT2D eigenvalue weighted by molar-refractivity contribution is -0.119. The largest absolute Gasteiger partial charge is 0.452 e. The first-order valence-corrected chi connectivity index (χ1v) is 8.39. The molecule has 7 heteroatoms. The first-order chi connectivity index (χ1) is 11.8. The van der Waals surface area contributed by atoms with Crippen LogP contribution < -0.4 is 11.1 Å². The number of esters is 1. The number of hydrogen-bond donors (Lipinski definition) is 2. The van der Waals surface area contributed by atoms with E-state index in [0.29, 0.717) is 0 Å². The standard InChI is InChI=1S/C18H18Cl2N2O3/c1-3-11-6-4-5-10(2)17(11)22-15(23)9-25-18(24)13-7-12(19)8-14(20)16(13)21/h4-8H,3,9,21H2,1-2H3,(H,22,23). The van der Waals surface area contributed by atoms with Crippen LogP contribution in [0.25, 0.3) is 0 Å². The quantitative estimate of drug-likeness (QED) is 0.600. The van der Waals surface area contributed by atoms with E-state index in [1.807, 2.05) is 32.0 Å². The predicted octanol–water partition coefficient (Wildman–Crippen LogP) is 4.24. The normalized spacial score (nSPS) is 10.4. The van der Waals surface area contributed by atoms with E-state index in [1.165, 1.54) is 12.1 Å². The van der Waals surface area contributed by atoms with Gasteiger partial charge in [0.1, 0.15) is 0 Å². The molecule has 2 aromatic carbocycles. The van der Waals surface area contributed by atoms with Crippen molar-refractivity contribution in [3.63, 3.8) is 0 Å². The summed E-state index contributed by atoms with van der Waals surface area (Å²) in [6.07, 6.45) is 0.772. The molecule has 5 nitrogen and oxygen atoms in total. The van der Waals surface area contributed by atoms with Crippen LogP contribution in [0.5, 0.6) is 0 Å². The molecule has 1 amide bonds. The van der Waals surface area contributed by atoms with Gasteiger partial charge >= 0.3 is 5.97 Å². The highest BCUT2D eigenvalue weighted by atomic mass is 35.5. The van der Waals surface area contributed by atoms with Crippen LogP contribution in [0.3, 0.4) is 0 Å². The van der Waals surface area contributed by atoms with Gasteiger partial charge in [0.15, 0.2) is 6.61 Å². The summed E-state index contributed by atoms with van der Waals surface area (Å²) in [7, 11) is 0. The Morgan fingerprint density at radius 2 is 1.96 bits per heavy atom. The number of rotatable bonds is 5. The highest BCUT2D eigenvalue weighted by Crippen LogP contribution is 2.28. The number of benzene rings is 2. The molecule has 0 saturated heterocycles. The summed E-state index contributed by atoms with van der Waals surface area (Å²) >= 11 is 11.7. The SMILES string of the molecule is CCc1cccc(C)c1NC(=O)COC(=O)c1cc(Cl)cc(Cl)c1N. The Labute approximate surface area is 156 Å². The molecule has 0 aliphatic rings. The maximum atomic E-state index is 12.1. The number of aryl methyl sites for hydroxylation is 2. The molecule has 25 heavy (non-hydrogen) atoms. The van der Waals surface area contributed by atoms with Gasteiger partial charge in [-0.3, -0.25) is 4.79 Å². The Balaban J connectivity index is 2.05. The van der Waals surface area contributed by atoms with Gasteiger partial charge in [0.25, 0.3) is 5.91 Å². The van der Waals surface area contributed by atoms with E-state index >= 15 is 0 Å². The number of nitrogens with one attached hydrogen (secondary N) is 1. The van der Waals surface area contributed by atoms with Crippen molar-refractivity contribution in [2.75, 3.05) is 17.7 Å². The third-order valence-corrected chi connectivity index (χ3v) is 4.18. The van der Waals surface area contributed by atoms with Gasteiger partial charge in [-0.1, -0.05) is 48.3 Å². The molecule has 0 aliphatic heterocycles. The van der Waals surface area contributed by atoms with Gasteiger partial charge in [0.2, 0.25) is 0 Å². The maximum absolute atomic E-state index is 12.1. The second-order valence-corrected chi connectivity index (χ2v) is 6.28. The Hall–Kier alpha value is -2.24. The van der Waals surface area contributed by atoms with Crippen LogP contribution in [0.2, 0.25) is 10.0 Å². The van der Waals surface area contributed by atoms with E-state index in [-0.39, 0.29) is 21.3 Å². The van der Waals surface area contributed by atoms with E-state index in [0.717, 1.165) is 23.2 Å². The number of carbonyl (C=O) groups excluding carboxylic acids is 2. The van der Waals surface area contributed by atoms with Crippen LogP contribution in [-0.2, 0) is 16.0 Å². The van der Waals surface area contributed by atoms with Gasteiger partial charge < -0.3 is 15.8 Å². The zero-order chi connectivity index (χ0) is 18.6.